The molecule has 0 aromatic rings. The number of carbonyl (C=O) groups is 1. The molecule has 0 aliphatic heterocycles. The number of carbonyl (C=O) groups excluding carboxylic acids is 1. The van der Waals surface area contributed by atoms with E-state index < -0.39 is 0 Å². The van der Waals surface area contributed by atoms with Gasteiger partial charge in [0.1, 0.15) is 5.78 Å². The standard InChI is InChI=1S/C12H23NO/c1-3-8-13(10-12-6-7-12)9-4-5-11(2)14/h12H,3-10H2,1-2H3. The first-order valence-electron chi connectivity index (χ1n) is 5.94. The van der Waals surface area contributed by atoms with Crippen LogP contribution in [0.15, 0.2) is 0 Å². The van der Waals surface area contributed by atoms with E-state index >= 15 is 0 Å². The Morgan fingerprint density at radius 2 is 2.07 bits per heavy atom. The van der Waals surface area contributed by atoms with E-state index in [1.807, 2.05) is 0 Å². The van der Waals surface area contributed by atoms with Crippen molar-refractivity contribution in [3.8, 4) is 0 Å². The largest absolute Gasteiger partial charge is 0.303 e. The van der Waals surface area contributed by atoms with Gasteiger partial charge in [0.05, 0.1) is 0 Å². The van der Waals surface area contributed by atoms with Crippen LogP contribution >= 0.6 is 0 Å². The van der Waals surface area contributed by atoms with Gasteiger partial charge in [-0.15, -0.1) is 0 Å². The monoisotopic (exact) mass is 197 g/mol. The Balaban J connectivity index is 2.09. The summed E-state index contributed by atoms with van der Waals surface area (Å²) < 4.78 is 0. The Kier molecular flexibility index (Phi) is 5.16. The fraction of sp³-hybridized carbons (Fsp3) is 0.917. The van der Waals surface area contributed by atoms with E-state index in [0.717, 1.165) is 25.3 Å². The summed E-state index contributed by atoms with van der Waals surface area (Å²) in [4.78, 5) is 13.3. The van der Waals surface area contributed by atoms with E-state index in [0.29, 0.717) is 5.78 Å². The van der Waals surface area contributed by atoms with Crippen LogP contribution in [-0.4, -0.2) is 30.3 Å². The highest BCUT2D eigenvalue weighted by Crippen LogP contribution is 2.29. The van der Waals surface area contributed by atoms with Gasteiger partial charge in [-0.3, -0.25) is 0 Å². The average Bonchev–Trinajstić information content (AvgIpc) is 2.88. The molecular formula is C12H23NO. The van der Waals surface area contributed by atoms with Crippen molar-refractivity contribution in [3.63, 3.8) is 0 Å². The number of nitrogens with zero attached hydrogens (tertiary/aromatic N) is 1. The quantitative estimate of drug-likeness (QED) is 0.596. The first-order chi connectivity index (χ1) is 6.72. The minimum absolute atomic E-state index is 0.327. The molecule has 2 heteroatoms. The summed E-state index contributed by atoms with van der Waals surface area (Å²) in [7, 11) is 0. The van der Waals surface area contributed by atoms with Crippen LogP contribution in [0.1, 0.15) is 46.0 Å². The molecular weight excluding hydrogens is 174 g/mol. The third kappa shape index (κ3) is 5.38. The van der Waals surface area contributed by atoms with Crippen molar-refractivity contribution in [3.05, 3.63) is 0 Å². The molecule has 82 valence electrons. The topological polar surface area (TPSA) is 20.3 Å². The third-order valence-electron chi connectivity index (χ3n) is 2.76. The molecule has 0 N–H and O–H groups in total. The lowest BCUT2D eigenvalue weighted by Crippen LogP contribution is -2.28. The van der Waals surface area contributed by atoms with Crippen LogP contribution in [0.3, 0.4) is 0 Å². The second-order valence-corrected chi connectivity index (χ2v) is 4.55. The average molecular weight is 197 g/mol. The highest BCUT2D eigenvalue weighted by Gasteiger charge is 2.23. The van der Waals surface area contributed by atoms with Crippen molar-refractivity contribution >= 4 is 5.78 Å². The molecule has 1 aliphatic rings. The van der Waals surface area contributed by atoms with Crippen LogP contribution in [0.25, 0.3) is 0 Å². The molecule has 2 nitrogen and oxygen atoms in total. The summed E-state index contributed by atoms with van der Waals surface area (Å²) in [6.45, 7) is 7.50. The lowest BCUT2D eigenvalue weighted by atomic mass is 10.2. The van der Waals surface area contributed by atoms with Gasteiger partial charge in [0, 0.05) is 13.0 Å². The van der Waals surface area contributed by atoms with E-state index in [2.05, 4.69) is 11.8 Å². The predicted molar refractivity (Wildman–Crippen MR) is 59.4 cm³/mol. The van der Waals surface area contributed by atoms with E-state index in [4.69, 9.17) is 0 Å². The third-order valence-corrected chi connectivity index (χ3v) is 2.76. The second-order valence-electron chi connectivity index (χ2n) is 4.55. The molecule has 0 bridgehead atoms. The summed E-state index contributed by atoms with van der Waals surface area (Å²) in [6.07, 6.45) is 5.87. The molecule has 0 heterocycles. The molecule has 1 rings (SSSR count). The summed E-state index contributed by atoms with van der Waals surface area (Å²) >= 11 is 0. The molecule has 1 saturated carbocycles. The maximum absolute atomic E-state index is 10.8. The number of rotatable bonds is 8. The van der Waals surface area contributed by atoms with Crippen molar-refractivity contribution in [2.75, 3.05) is 19.6 Å². The molecule has 0 atom stereocenters. The molecule has 0 saturated heterocycles. The summed E-state index contributed by atoms with van der Waals surface area (Å²) in [5.74, 6) is 1.30. The fourth-order valence-electron chi connectivity index (χ4n) is 1.83. The van der Waals surface area contributed by atoms with E-state index in [-0.39, 0.29) is 0 Å². The Morgan fingerprint density at radius 1 is 1.36 bits per heavy atom. The molecule has 0 amide bonds. The van der Waals surface area contributed by atoms with Gasteiger partial charge in [-0.05, 0) is 51.6 Å². The van der Waals surface area contributed by atoms with E-state index in [1.165, 1.54) is 32.4 Å². The van der Waals surface area contributed by atoms with Crippen molar-refractivity contribution in [1.29, 1.82) is 0 Å². The maximum atomic E-state index is 10.8. The van der Waals surface area contributed by atoms with Crippen molar-refractivity contribution < 1.29 is 4.79 Å². The molecule has 1 fully saturated rings. The zero-order valence-electron chi connectivity index (χ0n) is 9.59. The Labute approximate surface area is 87.7 Å². The van der Waals surface area contributed by atoms with Crippen LogP contribution in [0.2, 0.25) is 0 Å². The number of Topliss-reactive ketones (excluding diaryl/α,β-unsaturated/α-hetero) is 1. The Bertz CT molecular complexity index is 175. The normalized spacial score (nSPS) is 16.2. The Hall–Kier alpha value is -0.370. The van der Waals surface area contributed by atoms with E-state index in [9.17, 15) is 4.79 Å². The van der Waals surface area contributed by atoms with Gasteiger partial charge in [-0.1, -0.05) is 6.92 Å². The zero-order chi connectivity index (χ0) is 10.4. The molecule has 0 aromatic heterocycles. The fourth-order valence-corrected chi connectivity index (χ4v) is 1.83. The van der Waals surface area contributed by atoms with Gasteiger partial charge >= 0.3 is 0 Å². The van der Waals surface area contributed by atoms with Crippen molar-refractivity contribution in [2.45, 2.75) is 46.0 Å². The molecule has 0 spiro atoms. The molecule has 14 heavy (non-hydrogen) atoms. The molecule has 0 radical (unpaired) electrons. The zero-order valence-corrected chi connectivity index (χ0v) is 9.59. The lowest BCUT2D eigenvalue weighted by Gasteiger charge is -2.20. The molecule has 0 aromatic carbocycles. The number of hydrogen-bond acceptors (Lipinski definition) is 2. The van der Waals surface area contributed by atoms with E-state index in [1.54, 1.807) is 6.92 Å². The SMILES string of the molecule is CCCN(CCCC(C)=O)CC1CC1. The van der Waals surface area contributed by atoms with Gasteiger partial charge in [0.15, 0.2) is 0 Å². The summed E-state index contributed by atoms with van der Waals surface area (Å²) in [5.41, 5.74) is 0. The van der Waals surface area contributed by atoms with Crippen LogP contribution in [0.5, 0.6) is 0 Å². The number of hydrogen-bond donors (Lipinski definition) is 0. The van der Waals surface area contributed by atoms with Crippen LogP contribution in [-0.2, 0) is 4.79 Å². The second kappa shape index (κ2) is 6.18. The smallest absolute Gasteiger partial charge is 0.129 e. The first-order valence-corrected chi connectivity index (χ1v) is 5.94. The summed E-state index contributed by atoms with van der Waals surface area (Å²) in [5, 5.41) is 0. The Morgan fingerprint density at radius 3 is 2.57 bits per heavy atom. The molecule has 1 aliphatic carbocycles. The van der Waals surface area contributed by atoms with Crippen LogP contribution < -0.4 is 0 Å². The predicted octanol–water partition coefficient (Wildman–Crippen LogP) is 2.48. The first kappa shape index (κ1) is 11.7. The highest BCUT2D eigenvalue weighted by atomic mass is 16.1. The minimum Gasteiger partial charge on any atom is -0.303 e. The lowest BCUT2D eigenvalue weighted by molar-refractivity contribution is -0.117. The molecule has 0 unspecified atom stereocenters. The van der Waals surface area contributed by atoms with Gasteiger partial charge < -0.3 is 9.69 Å². The van der Waals surface area contributed by atoms with Crippen molar-refractivity contribution in [2.24, 2.45) is 5.92 Å². The van der Waals surface area contributed by atoms with Crippen molar-refractivity contribution in [1.82, 2.24) is 4.90 Å². The van der Waals surface area contributed by atoms with Gasteiger partial charge in [-0.25, -0.2) is 0 Å². The minimum atomic E-state index is 0.327. The van der Waals surface area contributed by atoms with Gasteiger partial charge in [0.2, 0.25) is 0 Å². The van der Waals surface area contributed by atoms with Gasteiger partial charge in [-0.2, -0.15) is 0 Å². The van der Waals surface area contributed by atoms with Crippen LogP contribution in [0, 0.1) is 5.92 Å². The van der Waals surface area contributed by atoms with Gasteiger partial charge in [0.25, 0.3) is 0 Å². The number of ketones is 1. The highest BCUT2D eigenvalue weighted by molar-refractivity contribution is 5.75. The maximum Gasteiger partial charge on any atom is 0.129 e. The van der Waals surface area contributed by atoms with Crippen LogP contribution in [0.4, 0.5) is 0 Å². The summed E-state index contributed by atoms with van der Waals surface area (Å²) in [6, 6.07) is 0.